The van der Waals surface area contributed by atoms with Gasteiger partial charge in [0.1, 0.15) is 5.82 Å². The van der Waals surface area contributed by atoms with Crippen molar-refractivity contribution in [2.45, 2.75) is 26.4 Å². The van der Waals surface area contributed by atoms with Gasteiger partial charge < -0.3 is 9.88 Å². The Labute approximate surface area is 102 Å². The van der Waals surface area contributed by atoms with Crippen molar-refractivity contribution in [3.8, 4) is 0 Å². The predicted octanol–water partition coefficient (Wildman–Crippen LogP) is 2.00. The second kappa shape index (κ2) is 5.59. The lowest BCUT2D eigenvalue weighted by Crippen LogP contribution is -2.25. The fourth-order valence-corrected chi connectivity index (χ4v) is 1.97. The summed E-state index contributed by atoms with van der Waals surface area (Å²) in [5.74, 6) is 1.06. The van der Waals surface area contributed by atoms with E-state index in [-0.39, 0.29) is 6.04 Å². The molecule has 2 aromatic heterocycles. The fraction of sp³-hybridized carbons (Fsp3) is 0.385. The van der Waals surface area contributed by atoms with Gasteiger partial charge in [-0.3, -0.25) is 4.98 Å². The molecule has 17 heavy (non-hydrogen) atoms. The van der Waals surface area contributed by atoms with Gasteiger partial charge >= 0.3 is 0 Å². The molecule has 0 fully saturated rings. The second-order valence-electron chi connectivity index (χ2n) is 3.84. The molecule has 0 saturated heterocycles. The van der Waals surface area contributed by atoms with Gasteiger partial charge in [-0.05, 0) is 31.2 Å². The lowest BCUT2D eigenvalue weighted by Gasteiger charge is -2.18. The van der Waals surface area contributed by atoms with Gasteiger partial charge in [0.15, 0.2) is 0 Å². The molecule has 0 bridgehead atoms. The van der Waals surface area contributed by atoms with Crippen LogP contribution in [0, 0.1) is 0 Å². The number of imidazole rings is 1. The average Bonchev–Trinajstić information content (AvgIpc) is 2.85. The van der Waals surface area contributed by atoms with Gasteiger partial charge in [-0.2, -0.15) is 0 Å². The van der Waals surface area contributed by atoms with E-state index in [0.29, 0.717) is 0 Å². The minimum atomic E-state index is 0.137. The van der Waals surface area contributed by atoms with Crippen LogP contribution >= 0.6 is 0 Å². The van der Waals surface area contributed by atoms with Crippen molar-refractivity contribution in [3.63, 3.8) is 0 Å². The molecule has 1 unspecified atom stereocenters. The van der Waals surface area contributed by atoms with Gasteiger partial charge in [-0.1, -0.05) is 6.92 Å². The number of aryl methyl sites for hydroxylation is 1. The highest BCUT2D eigenvalue weighted by Crippen LogP contribution is 2.19. The first-order chi connectivity index (χ1) is 8.36. The molecule has 0 aliphatic heterocycles. The van der Waals surface area contributed by atoms with Crippen molar-refractivity contribution in [1.29, 1.82) is 0 Å². The normalized spacial score (nSPS) is 12.6. The Morgan fingerprint density at radius 1 is 1.24 bits per heavy atom. The number of rotatable bonds is 5. The number of aromatic nitrogens is 3. The molecule has 2 rings (SSSR count). The number of pyridine rings is 1. The first-order valence-corrected chi connectivity index (χ1v) is 6.01. The van der Waals surface area contributed by atoms with Gasteiger partial charge in [0.2, 0.25) is 0 Å². The quantitative estimate of drug-likeness (QED) is 0.854. The zero-order valence-corrected chi connectivity index (χ0v) is 10.3. The molecule has 4 nitrogen and oxygen atoms in total. The molecule has 1 N–H and O–H groups in total. The molecule has 0 amide bonds. The summed E-state index contributed by atoms with van der Waals surface area (Å²) in [6.07, 6.45) is 7.50. The van der Waals surface area contributed by atoms with E-state index in [2.05, 4.69) is 33.7 Å². The summed E-state index contributed by atoms with van der Waals surface area (Å²) in [6, 6.07) is 4.20. The Balaban J connectivity index is 2.36. The Bertz CT molecular complexity index is 449. The lowest BCUT2D eigenvalue weighted by molar-refractivity contribution is 0.558. The van der Waals surface area contributed by atoms with Gasteiger partial charge in [0, 0.05) is 31.3 Å². The summed E-state index contributed by atoms with van der Waals surface area (Å²) in [5.41, 5.74) is 1.20. The highest BCUT2D eigenvalue weighted by molar-refractivity contribution is 5.22. The van der Waals surface area contributed by atoms with E-state index in [4.69, 9.17) is 0 Å². The zero-order chi connectivity index (χ0) is 12.1. The minimum absolute atomic E-state index is 0.137. The summed E-state index contributed by atoms with van der Waals surface area (Å²) in [7, 11) is 0. The zero-order valence-electron chi connectivity index (χ0n) is 10.3. The highest BCUT2D eigenvalue weighted by Gasteiger charge is 2.17. The van der Waals surface area contributed by atoms with Crippen molar-refractivity contribution < 1.29 is 0 Å². The van der Waals surface area contributed by atoms with E-state index in [1.165, 1.54) is 5.56 Å². The molecule has 0 aliphatic carbocycles. The van der Waals surface area contributed by atoms with Crippen molar-refractivity contribution in [1.82, 2.24) is 19.9 Å². The maximum atomic E-state index is 4.46. The summed E-state index contributed by atoms with van der Waals surface area (Å²) < 4.78 is 2.16. The third kappa shape index (κ3) is 2.53. The number of nitrogens with zero attached hydrogens (tertiary/aromatic N) is 3. The smallest absolute Gasteiger partial charge is 0.130 e. The van der Waals surface area contributed by atoms with Gasteiger partial charge in [-0.15, -0.1) is 0 Å². The Morgan fingerprint density at radius 2 is 2.00 bits per heavy atom. The Hall–Kier alpha value is -1.68. The fourth-order valence-electron chi connectivity index (χ4n) is 1.97. The molecule has 2 aromatic rings. The van der Waals surface area contributed by atoms with Gasteiger partial charge in [-0.25, -0.2) is 4.98 Å². The first kappa shape index (κ1) is 11.8. The summed E-state index contributed by atoms with van der Waals surface area (Å²) in [6.45, 7) is 6.07. The highest BCUT2D eigenvalue weighted by atomic mass is 15.1. The Morgan fingerprint density at radius 3 is 2.65 bits per heavy atom. The average molecular weight is 230 g/mol. The van der Waals surface area contributed by atoms with Crippen LogP contribution in [0.25, 0.3) is 0 Å². The van der Waals surface area contributed by atoms with Crippen molar-refractivity contribution in [2.24, 2.45) is 0 Å². The van der Waals surface area contributed by atoms with Crippen LogP contribution in [0.2, 0.25) is 0 Å². The molecule has 1 atom stereocenters. The van der Waals surface area contributed by atoms with E-state index in [9.17, 15) is 0 Å². The molecule has 4 heteroatoms. The van der Waals surface area contributed by atoms with E-state index >= 15 is 0 Å². The van der Waals surface area contributed by atoms with Crippen LogP contribution in [0.1, 0.15) is 31.3 Å². The molecule has 0 aliphatic rings. The van der Waals surface area contributed by atoms with Crippen LogP contribution in [-0.2, 0) is 6.54 Å². The standard InChI is InChI=1S/C13H18N4/c1-3-15-12(11-5-7-14-8-6-11)13-16-9-10-17(13)4-2/h5-10,12,15H,3-4H2,1-2H3. The van der Waals surface area contributed by atoms with Gasteiger partial charge in [0.05, 0.1) is 6.04 Å². The third-order valence-electron chi connectivity index (χ3n) is 2.79. The molecule has 2 heterocycles. The van der Waals surface area contributed by atoms with E-state index in [0.717, 1.165) is 18.9 Å². The SMILES string of the molecule is CCNC(c1ccncc1)c1nccn1CC. The second-order valence-corrected chi connectivity index (χ2v) is 3.84. The summed E-state index contributed by atoms with van der Waals surface area (Å²) in [4.78, 5) is 8.52. The van der Waals surface area contributed by atoms with Crippen LogP contribution in [0.4, 0.5) is 0 Å². The van der Waals surface area contributed by atoms with Crippen molar-refractivity contribution in [3.05, 3.63) is 48.3 Å². The van der Waals surface area contributed by atoms with E-state index in [1.807, 2.05) is 36.9 Å². The van der Waals surface area contributed by atoms with Crippen LogP contribution in [0.3, 0.4) is 0 Å². The first-order valence-electron chi connectivity index (χ1n) is 6.01. The molecular formula is C13H18N4. The van der Waals surface area contributed by atoms with Gasteiger partial charge in [0.25, 0.3) is 0 Å². The molecular weight excluding hydrogens is 212 g/mol. The van der Waals surface area contributed by atoms with Crippen LogP contribution < -0.4 is 5.32 Å². The van der Waals surface area contributed by atoms with Crippen molar-refractivity contribution in [2.75, 3.05) is 6.54 Å². The molecule has 0 aromatic carbocycles. The Kier molecular flexibility index (Phi) is 3.88. The van der Waals surface area contributed by atoms with Crippen LogP contribution in [-0.4, -0.2) is 21.1 Å². The maximum absolute atomic E-state index is 4.46. The number of hydrogen-bond donors (Lipinski definition) is 1. The lowest BCUT2D eigenvalue weighted by atomic mass is 10.1. The topological polar surface area (TPSA) is 42.7 Å². The summed E-state index contributed by atoms with van der Waals surface area (Å²) in [5, 5.41) is 3.46. The number of nitrogens with one attached hydrogen (secondary N) is 1. The van der Waals surface area contributed by atoms with E-state index in [1.54, 1.807) is 0 Å². The van der Waals surface area contributed by atoms with Crippen LogP contribution in [0.15, 0.2) is 36.9 Å². The number of hydrogen-bond acceptors (Lipinski definition) is 3. The minimum Gasteiger partial charge on any atom is -0.334 e. The van der Waals surface area contributed by atoms with Crippen molar-refractivity contribution >= 4 is 0 Å². The molecule has 0 spiro atoms. The molecule has 90 valence electrons. The largest absolute Gasteiger partial charge is 0.334 e. The van der Waals surface area contributed by atoms with E-state index < -0.39 is 0 Å². The third-order valence-corrected chi connectivity index (χ3v) is 2.79. The monoisotopic (exact) mass is 230 g/mol. The maximum Gasteiger partial charge on any atom is 0.130 e. The van der Waals surface area contributed by atoms with Crippen LogP contribution in [0.5, 0.6) is 0 Å². The molecule has 0 radical (unpaired) electrons. The molecule has 0 saturated carbocycles. The predicted molar refractivity (Wildman–Crippen MR) is 67.7 cm³/mol. The summed E-state index contributed by atoms with van der Waals surface area (Å²) >= 11 is 0.